The Balaban J connectivity index is 2.39. The van der Waals surface area contributed by atoms with Gasteiger partial charge in [0.25, 0.3) is 0 Å². The van der Waals surface area contributed by atoms with Gasteiger partial charge in [-0.1, -0.05) is 6.07 Å². The summed E-state index contributed by atoms with van der Waals surface area (Å²) in [7, 11) is 0. The zero-order valence-corrected chi connectivity index (χ0v) is 7.14. The fourth-order valence-electron chi connectivity index (χ4n) is 1.06. The number of hydrogen-bond acceptors (Lipinski definition) is 4. The summed E-state index contributed by atoms with van der Waals surface area (Å²) in [6, 6.07) is 5.81. The molecular formula is C9H7FN2O2. The van der Waals surface area contributed by atoms with Crippen molar-refractivity contribution in [1.29, 1.82) is 0 Å². The van der Waals surface area contributed by atoms with Gasteiger partial charge in [0.2, 0.25) is 11.8 Å². The van der Waals surface area contributed by atoms with Gasteiger partial charge < -0.3 is 9.52 Å². The number of aromatic nitrogens is 2. The Kier molecular flexibility index (Phi) is 2.24. The van der Waals surface area contributed by atoms with E-state index in [0.29, 0.717) is 5.56 Å². The molecule has 72 valence electrons. The van der Waals surface area contributed by atoms with Crippen LogP contribution in [0, 0.1) is 5.82 Å². The molecule has 5 heteroatoms. The molecule has 1 aromatic carbocycles. The molecule has 0 radical (unpaired) electrons. The van der Waals surface area contributed by atoms with E-state index in [1.54, 1.807) is 12.1 Å². The number of nitrogens with zero attached hydrogens (tertiary/aromatic N) is 2. The third kappa shape index (κ3) is 1.62. The van der Waals surface area contributed by atoms with Gasteiger partial charge in [-0.2, -0.15) is 0 Å². The Hall–Kier alpha value is -1.75. The summed E-state index contributed by atoms with van der Waals surface area (Å²) < 4.78 is 17.8. The van der Waals surface area contributed by atoms with E-state index >= 15 is 0 Å². The van der Waals surface area contributed by atoms with Gasteiger partial charge in [-0.25, -0.2) is 4.39 Å². The first-order valence-corrected chi connectivity index (χ1v) is 3.99. The van der Waals surface area contributed by atoms with Gasteiger partial charge in [-0.15, -0.1) is 10.2 Å². The minimum Gasteiger partial charge on any atom is -0.418 e. The smallest absolute Gasteiger partial charge is 0.247 e. The average Bonchev–Trinajstić information content (AvgIpc) is 2.66. The molecular weight excluding hydrogens is 187 g/mol. The molecule has 14 heavy (non-hydrogen) atoms. The van der Waals surface area contributed by atoms with E-state index in [9.17, 15) is 4.39 Å². The maximum Gasteiger partial charge on any atom is 0.247 e. The number of aliphatic hydroxyl groups is 1. The molecule has 0 atom stereocenters. The third-order valence-corrected chi connectivity index (χ3v) is 1.67. The molecule has 0 aliphatic heterocycles. The molecule has 4 nitrogen and oxygen atoms in total. The summed E-state index contributed by atoms with van der Waals surface area (Å²) in [4.78, 5) is 0. The second-order valence-corrected chi connectivity index (χ2v) is 2.67. The lowest BCUT2D eigenvalue weighted by Gasteiger charge is -1.93. The van der Waals surface area contributed by atoms with E-state index in [1.807, 2.05) is 0 Å². The summed E-state index contributed by atoms with van der Waals surface area (Å²) in [5.74, 6) is -0.0518. The third-order valence-electron chi connectivity index (χ3n) is 1.67. The van der Waals surface area contributed by atoms with Crippen molar-refractivity contribution in [2.24, 2.45) is 0 Å². The Morgan fingerprint density at radius 1 is 1.36 bits per heavy atom. The lowest BCUT2D eigenvalue weighted by Crippen LogP contribution is -1.80. The van der Waals surface area contributed by atoms with Crippen LogP contribution in [0.15, 0.2) is 28.7 Å². The van der Waals surface area contributed by atoms with Crippen LogP contribution in [0.2, 0.25) is 0 Å². The highest BCUT2D eigenvalue weighted by atomic mass is 19.1. The minimum absolute atomic E-state index is 0.115. The van der Waals surface area contributed by atoms with E-state index in [0.717, 1.165) is 0 Å². The van der Waals surface area contributed by atoms with Crippen LogP contribution in [-0.2, 0) is 6.61 Å². The van der Waals surface area contributed by atoms with Crippen molar-refractivity contribution < 1.29 is 13.9 Å². The van der Waals surface area contributed by atoms with Crippen molar-refractivity contribution in [2.45, 2.75) is 6.61 Å². The highest BCUT2D eigenvalue weighted by Gasteiger charge is 2.07. The van der Waals surface area contributed by atoms with Gasteiger partial charge in [0.05, 0.1) is 0 Å². The summed E-state index contributed by atoms with van der Waals surface area (Å²) >= 11 is 0. The first-order valence-electron chi connectivity index (χ1n) is 3.99. The predicted octanol–water partition coefficient (Wildman–Crippen LogP) is 1.37. The molecule has 1 aromatic heterocycles. The van der Waals surface area contributed by atoms with Crippen LogP contribution >= 0.6 is 0 Å². The molecule has 0 aliphatic rings. The van der Waals surface area contributed by atoms with Crippen LogP contribution < -0.4 is 0 Å². The Morgan fingerprint density at radius 3 is 2.86 bits per heavy atom. The Labute approximate surface area is 79.0 Å². The Morgan fingerprint density at radius 2 is 2.21 bits per heavy atom. The monoisotopic (exact) mass is 194 g/mol. The van der Waals surface area contributed by atoms with Gasteiger partial charge in [0.1, 0.15) is 12.4 Å². The number of rotatable bonds is 2. The molecule has 0 bridgehead atoms. The number of halogens is 1. The quantitative estimate of drug-likeness (QED) is 0.784. The Bertz CT molecular complexity index is 442. The van der Waals surface area contributed by atoms with Crippen LogP contribution in [-0.4, -0.2) is 15.3 Å². The van der Waals surface area contributed by atoms with Crippen LogP contribution in [0.4, 0.5) is 4.39 Å². The van der Waals surface area contributed by atoms with Gasteiger partial charge in [0, 0.05) is 5.56 Å². The minimum atomic E-state index is -0.369. The highest BCUT2D eigenvalue weighted by Crippen LogP contribution is 2.18. The summed E-state index contributed by atoms with van der Waals surface area (Å²) in [6.07, 6.45) is 0. The highest BCUT2D eigenvalue weighted by molar-refractivity contribution is 5.52. The maximum atomic E-state index is 12.8. The average molecular weight is 194 g/mol. The summed E-state index contributed by atoms with van der Waals surface area (Å²) in [5, 5.41) is 15.9. The van der Waals surface area contributed by atoms with E-state index < -0.39 is 0 Å². The molecule has 0 unspecified atom stereocenters. The van der Waals surface area contributed by atoms with Gasteiger partial charge in [0.15, 0.2) is 0 Å². The fourth-order valence-corrected chi connectivity index (χ4v) is 1.06. The standard InChI is InChI=1S/C9H7FN2O2/c10-7-3-1-2-6(4-7)9-12-11-8(5-13)14-9/h1-4,13H,5H2. The molecule has 0 fully saturated rings. The van der Waals surface area contributed by atoms with Gasteiger partial charge >= 0.3 is 0 Å². The van der Waals surface area contributed by atoms with Gasteiger partial charge in [-0.05, 0) is 18.2 Å². The second-order valence-electron chi connectivity index (χ2n) is 2.67. The van der Waals surface area contributed by atoms with E-state index in [1.165, 1.54) is 12.1 Å². The summed E-state index contributed by atoms with van der Waals surface area (Å²) in [6.45, 7) is -0.317. The zero-order valence-electron chi connectivity index (χ0n) is 7.14. The van der Waals surface area contributed by atoms with Crippen LogP contribution in [0.5, 0.6) is 0 Å². The van der Waals surface area contributed by atoms with Crippen molar-refractivity contribution in [1.82, 2.24) is 10.2 Å². The van der Waals surface area contributed by atoms with Crippen LogP contribution in [0.3, 0.4) is 0 Å². The van der Waals surface area contributed by atoms with Crippen LogP contribution in [0.25, 0.3) is 11.5 Å². The number of benzene rings is 1. The molecule has 1 heterocycles. The predicted molar refractivity (Wildman–Crippen MR) is 45.6 cm³/mol. The van der Waals surface area contributed by atoms with E-state index in [-0.39, 0.29) is 24.2 Å². The molecule has 0 saturated heterocycles. The van der Waals surface area contributed by atoms with Crippen molar-refractivity contribution in [2.75, 3.05) is 0 Å². The largest absolute Gasteiger partial charge is 0.418 e. The first-order chi connectivity index (χ1) is 6.79. The topological polar surface area (TPSA) is 59.2 Å². The molecule has 2 rings (SSSR count). The molecule has 0 spiro atoms. The lowest BCUT2D eigenvalue weighted by molar-refractivity contribution is 0.241. The second kappa shape index (κ2) is 3.55. The maximum absolute atomic E-state index is 12.8. The van der Waals surface area contributed by atoms with Crippen molar-refractivity contribution in [3.63, 3.8) is 0 Å². The normalized spacial score (nSPS) is 10.4. The molecule has 0 amide bonds. The first kappa shape index (κ1) is 8.83. The van der Waals surface area contributed by atoms with Crippen LogP contribution in [0.1, 0.15) is 5.89 Å². The van der Waals surface area contributed by atoms with Gasteiger partial charge in [-0.3, -0.25) is 0 Å². The number of hydrogen-bond donors (Lipinski definition) is 1. The van der Waals surface area contributed by atoms with Crippen molar-refractivity contribution in [3.05, 3.63) is 36.0 Å². The fraction of sp³-hybridized carbons (Fsp3) is 0.111. The van der Waals surface area contributed by atoms with E-state index in [4.69, 9.17) is 9.52 Å². The number of aliphatic hydroxyl groups excluding tert-OH is 1. The van der Waals surface area contributed by atoms with Crippen molar-refractivity contribution >= 4 is 0 Å². The molecule has 0 saturated carbocycles. The lowest BCUT2D eigenvalue weighted by atomic mass is 10.2. The zero-order chi connectivity index (χ0) is 9.97. The molecule has 0 aliphatic carbocycles. The molecule has 1 N–H and O–H groups in total. The summed E-state index contributed by atoms with van der Waals surface area (Å²) in [5.41, 5.74) is 0.497. The molecule has 2 aromatic rings. The SMILES string of the molecule is OCc1nnc(-c2cccc(F)c2)o1. The van der Waals surface area contributed by atoms with E-state index in [2.05, 4.69) is 10.2 Å². The van der Waals surface area contributed by atoms with Crippen molar-refractivity contribution in [3.8, 4) is 11.5 Å².